The van der Waals surface area contributed by atoms with Crippen LogP contribution < -0.4 is 0 Å². The fourth-order valence-corrected chi connectivity index (χ4v) is 3.17. The first-order chi connectivity index (χ1) is 13.6. The summed E-state index contributed by atoms with van der Waals surface area (Å²) in [5.74, 6) is -0.590. The maximum absolute atomic E-state index is 12.3. The molecule has 0 aliphatic heterocycles. The first-order valence-corrected chi connectivity index (χ1v) is 9.21. The number of aromatic carboxylic acids is 1. The van der Waals surface area contributed by atoms with Crippen LogP contribution in [0.5, 0.6) is 0 Å². The Bertz CT molecular complexity index is 1080. The molecule has 0 saturated carbocycles. The molecule has 150 valence electrons. The fraction of sp³-hybridized carbons (Fsp3) is 0.273. The van der Waals surface area contributed by atoms with Gasteiger partial charge in [0.2, 0.25) is 0 Å². The number of hydrogen-bond donors (Lipinski definition) is 1. The second kappa shape index (κ2) is 7.50. The zero-order valence-electron chi connectivity index (χ0n) is 17.2. The molecule has 0 atom stereocenters. The molecule has 1 N–H and O–H groups in total. The van der Waals surface area contributed by atoms with E-state index in [1.807, 2.05) is 45.0 Å². The summed E-state index contributed by atoms with van der Waals surface area (Å²) in [6.07, 6.45) is 1.35. The molecule has 0 aliphatic rings. The van der Waals surface area contributed by atoms with Crippen LogP contribution in [0.1, 0.15) is 47.2 Å². The van der Waals surface area contributed by atoms with Crippen LogP contribution in [-0.4, -0.2) is 50.7 Å². The number of rotatable bonds is 4. The quantitative estimate of drug-likeness (QED) is 0.732. The molecule has 0 bridgehead atoms. The standard InChI is InChI=1S/C22H24N4O3/c1-22(2,3)19-16(21(28)29)13-23-26(19)18-11-7-10-17(24-18)14-8-6-9-15(12-14)20(27)25(4)5/h6-13H,1-5H3,(H,28,29). The number of amides is 1. The zero-order valence-corrected chi connectivity index (χ0v) is 17.2. The van der Waals surface area contributed by atoms with Crippen molar-refractivity contribution in [2.45, 2.75) is 26.2 Å². The van der Waals surface area contributed by atoms with Gasteiger partial charge in [-0.1, -0.05) is 39.0 Å². The number of carboxylic acid groups (broad SMARTS) is 1. The molecular formula is C22H24N4O3. The number of hydrogen-bond acceptors (Lipinski definition) is 4. The van der Waals surface area contributed by atoms with Gasteiger partial charge < -0.3 is 10.0 Å². The average Bonchev–Trinajstić information content (AvgIpc) is 3.13. The van der Waals surface area contributed by atoms with Crippen LogP contribution in [-0.2, 0) is 5.41 Å². The predicted octanol–water partition coefficient (Wildman–Crippen LogP) is 3.63. The van der Waals surface area contributed by atoms with Crippen molar-refractivity contribution in [2.24, 2.45) is 0 Å². The third-order valence-corrected chi connectivity index (χ3v) is 4.47. The third-order valence-electron chi connectivity index (χ3n) is 4.47. The number of pyridine rings is 1. The lowest BCUT2D eigenvalue weighted by Crippen LogP contribution is -2.21. The second-order valence-corrected chi connectivity index (χ2v) is 8.04. The molecule has 0 spiro atoms. The topological polar surface area (TPSA) is 88.3 Å². The first-order valence-electron chi connectivity index (χ1n) is 9.21. The number of nitrogens with zero attached hydrogens (tertiary/aromatic N) is 4. The van der Waals surface area contributed by atoms with E-state index in [9.17, 15) is 14.7 Å². The highest BCUT2D eigenvalue weighted by Crippen LogP contribution is 2.29. The monoisotopic (exact) mass is 392 g/mol. The molecular weight excluding hydrogens is 368 g/mol. The minimum Gasteiger partial charge on any atom is -0.478 e. The highest BCUT2D eigenvalue weighted by Gasteiger charge is 2.28. The molecule has 3 aromatic rings. The lowest BCUT2D eigenvalue weighted by Gasteiger charge is -2.21. The van der Waals surface area contributed by atoms with Gasteiger partial charge in [-0.15, -0.1) is 0 Å². The summed E-state index contributed by atoms with van der Waals surface area (Å²) in [5, 5.41) is 13.8. The SMILES string of the molecule is CN(C)C(=O)c1cccc(-c2cccc(-n3ncc(C(=O)O)c3C(C)(C)C)n2)c1. The van der Waals surface area contributed by atoms with E-state index in [2.05, 4.69) is 10.1 Å². The normalized spacial score (nSPS) is 11.3. The van der Waals surface area contributed by atoms with Crippen molar-refractivity contribution in [3.8, 4) is 17.1 Å². The summed E-state index contributed by atoms with van der Waals surface area (Å²) in [5.41, 5.74) is 2.32. The molecule has 0 unspecified atom stereocenters. The number of carbonyl (C=O) groups is 2. The van der Waals surface area contributed by atoms with Gasteiger partial charge in [0, 0.05) is 30.6 Å². The molecule has 0 radical (unpaired) electrons. The van der Waals surface area contributed by atoms with E-state index in [0.717, 1.165) is 5.56 Å². The molecule has 7 nitrogen and oxygen atoms in total. The Morgan fingerprint density at radius 1 is 1.07 bits per heavy atom. The van der Waals surface area contributed by atoms with Gasteiger partial charge in [0.15, 0.2) is 5.82 Å². The Morgan fingerprint density at radius 3 is 2.38 bits per heavy atom. The Hall–Kier alpha value is -3.48. The van der Waals surface area contributed by atoms with Gasteiger partial charge in [0.05, 0.1) is 17.6 Å². The van der Waals surface area contributed by atoms with Gasteiger partial charge in [0.1, 0.15) is 5.56 Å². The Balaban J connectivity index is 2.10. The Morgan fingerprint density at radius 2 is 1.76 bits per heavy atom. The molecule has 0 saturated heterocycles. The number of carbonyl (C=O) groups excluding carboxylic acids is 1. The molecule has 1 aromatic carbocycles. The van der Waals surface area contributed by atoms with Crippen molar-refractivity contribution >= 4 is 11.9 Å². The molecule has 3 rings (SSSR count). The van der Waals surface area contributed by atoms with Crippen LogP contribution in [0.15, 0.2) is 48.7 Å². The summed E-state index contributed by atoms with van der Waals surface area (Å²) in [4.78, 5) is 30.1. The van der Waals surface area contributed by atoms with E-state index in [-0.39, 0.29) is 11.5 Å². The average molecular weight is 392 g/mol. The molecule has 29 heavy (non-hydrogen) atoms. The van der Waals surface area contributed by atoms with Gasteiger partial charge >= 0.3 is 5.97 Å². The number of benzene rings is 1. The summed E-state index contributed by atoms with van der Waals surface area (Å²) < 4.78 is 1.57. The van der Waals surface area contributed by atoms with Gasteiger partial charge in [-0.25, -0.2) is 14.5 Å². The minimum atomic E-state index is -1.02. The molecule has 1 amide bonds. The van der Waals surface area contributed by atoms with Crippen molar-refractivity contribution in [3.63, 3.8) is 0 Å². The van der Waals surface area contributed by atoms with Crippen LogP contribution in [0.2, 0.25) is 0 Å². The molecule has 0 aliphatic carbocycles. The van der Waals surface area contributed by atoms with E-state index < -0.39 is 11.4 Å². The highest BCUT2D eigenvalue weighted by atomic mass is 16.4. The fourth-order valence-electron chi connectivity index (χ4n) is 3.17. The molecule has 2 aromatic heterocycles. The van der Waals surface area contributed by atoms with Crippen molar-refractivity contribution in [2.75, 3.05) is 14.1 Å². The van der Waals surface area contributed by atoms with Crippen molar-refractivity contribution in [1.82, 2.24) is 19.7 Å². The van der Waals surface area contributed by atoms with Crippen molar-refractivity contribution < 1.29 is 14.7 Å². The summed E-state index contributed by atoms with van der Waals surface area (Å²) >= 11 is 0. The largest absolute Gasteiger partial charge is 0.478 e. The second-order valence-electron chi connectivity index (χ2n) is 8.04. The van der Waals surface area contributed by atoms with Crippen LogP contribution in [0, 0.1) is 0 Å². The molecule has 7 heteroatoms. The lowest BCUT2D eigenvalue weighted by atomic mass is 9.89. The van der Waals surface area contributed by atoms with Crippen LogP contribution >= 0.6 is 0 Å². The van der Waals surface area contributed by atoms with E-state index >= 15 is 0 Å². The smallest absolute Gasteiger partial charge is 0.339 e. The predicted molar refractivity (Wildman–Crippen MR) is 110 cm³/mol. The first kappa shape index (κ1) is 20.3. The minimum absolute atomic E-state index is 0.0869. The van der Waals surface area contributed by atoms with Crippen LogP contribution in [0.25, 0.3) is 17.1 Å². The summed E-state index contributed by atoms with van der Waals surface area (Å²) in [6.45, 7) is 5.81. The van der Waals surface area contributed by atoms with Crippen LogP contribution in [0.3, 0.4) is 0 Å². The highest BCUT2D eigenvalue weighted by molar-refractivity contribution is 5.95. The third kappa shape index (κ3) is 4.03. The van der Waals surface area contributed by atoms with Crippen LogP contribution in [0.4, 0.5) is 0 Å². The summed E-state index contributed by atoms with van der Waals surface area (Å²) in [6, 6.07) is 12.7. The van der Waals surface area contributed by atoms with E-state index in [4.69, 9.17) is 0 Å². The maximum atomic E-state index is 12.3. The van der Waals surface area contributed by atoms with Gasteiger partial charge in [0.25, 0.3) is 5.91 Å². The van der Waals surface area contributed by atoms with Gasteiger partial charge in [-0.2, -0.15) is 5.10 Å². The summed E-state index contributed by atoms with van der Waals surface area (Å²) in [7, 11) is 3.42. The Labute approximate surface area is 169 Å². The number of carboxylic acids is 1. The Kier molecular flexibility index (Phi) is 5.24. The maximum Gasteiger partial charge on any atom is 0.339 e. The lowest BCUT2D eigenvalue weighted by molar-refractivity contribution is 0.0693. The van der Waals surface area contributed by atoms with Crippen molar-refractivity contribution in [3.05, 3.63) is 65.5 Å². The van der Waals surface area contributed by atoms with E-state index in [1.165, 1.54) is 11.1 Å². The van der Waals surface area contributed by atoms with Gasteiger partial charge in [-0.3, -0.25) is 4.79 Å². The van der Waals surface area contributed by atoms with Gasteiger partial charge in [-0.05, 0) is 24.3 Å². The van der Waals surface area contributed by atoms with Crippen molar-refractivity contribution in [1.29, 1.82) is 0 Å². The van der Waals surface area contributed by atoms with E-state index in [1.54, 1.807) is 37.0 Å². The number of aromatic nitrogens is 3. The molecule has 2 heterocycles. The zero-order chi connectivity index (χ0) is 21.3. The molecule has 0 fully saturated rings. The van der Waals surface area contributed by atoms with E-state index in [0.29, 0.717) is 22.8 Å².